The van der Waals surface area contributed by atoms with Crippen LogP contribution in [0.3, 0.4) is 0 Å². The third-order valence-electron chi connectivity index (χ3n) is 4.09. The van der Waals surface area contributed by atoms with E-state index in [1.807, 2.05) is 4.98 Å². The minimum Gasteiger partial charge on any atom is -0.316 e. The zero-order valence-corrected chi connectivity index (χ0v) is 14.1. The van der Waals surface area contributed by atoms with E-state index in [2.05, 4.69) is 15.3 Å². The number of fused-ring (bicyclic) bond motifs is 1. The van der Waals surface area contributed by atoms with Crippen molar-refractivity contribution < 1.29 is 14.4 Å². The van der Waals surface area contributed by atoms with E-state index in [4.69, 9.17) is 0 Å². The minimum atomic E-state index is -0.772. The van der Waals surface area contributed by atoms with E-state index in [-0.39, 0.29) is 28.2 Å². The van der Waals surface area contributed by atoms with Crippen molar-refractivity contribution in [3.8, 4) is 0 Å². The van der Waals surface area contributed by atoms with Gasteiger partial charge in [0.25, 0.3) is 23.3 Å². The number of imide groups is 1. The van der Waals surface area contributed by atoms with Gasteiger partial charge in [-0.15, -0.1) is 0 Å². The Morgan fingerprint density at radius 3 is 2.50 bits per heavy atom. The van der Waals surface area contributed by atoms with Gasteiger partial charge in [0.1, 0.15) is 11.5 Å². The molecule has 0 spiro atoms. The van der Waals surface area contributed by atoms with Gasteiger partial charge in [-0.2, -0.15) is 0 Å². The van der Waals surface area contributed by atoms with Crippen molar-refractivity contribution in [2.75, 3.05) is 10.2 Å². The molecule has 2 aromatic heterocycles. The SMILES string of the molecule is O=C(Nc1c[nH]c(=O)[nH]c1=O)c1ccc2c(c1)C(=O)N(c1ccccn1)C2=O. The van der Waals surface area contributed by atoms with Crippen molar-refractivity contribution in [3.63, 3.8) is 0 Å². The highest BCUT2D eigenvalue weighted by molar-refractivity contribution is 6.34. The molecule has 0 atom stereocenters. The number of nitrogens with zero attached hydrogens (tertiary/aromatic N) is 2. The summed E-state index contributed by atoms with van der Waals surface area (Å²) in [5.74, 6) is -1.64. The van der Waals surface area contributed by atoms with Crippen LogP contribution in [0.25, 0.3) is 0 Å². The second-order valence-corrected chi connectivity index (χ2v) is 5.83. The van der Waals surface area contributed by atoms with Gasteiger partial charge in [0, 0.05) is 18.0 Å². The predicted molar refractivity (Wildman–Crippen MR) is 97.5 cm³/mol. The Morgan fingerprint density at radius 1 is 1.00 bits per heavy atom. The zero-order valence-electron chi connectivity index (χ0n) is 14.1. The molecule has 10 heteroatoms. The van der Waals surface area contributed by atoms with Crippen LogP contribution in [0.5, 0.6) is 0 Å². The van der Waals surface area contributed by atoms with Crippen LogP contribution in [-0.2, 0) is 0 Å². The Morgan fingerprint density at radius 2 is 1.79 bits per heavy atom. The van der Waals surface area contributed by atoms with Gasteiger partial charge in [0.05, 0.1) is 11.1 Å². The Labute approximate surface area is 155 Å². The quantitative estimate of drug-likeness (QED) is 0.567. The summed E-state index contributed by atoms with van der Waals surface area (Å²) in [4.78, 5) is 69.5. The van der Waals surface area contributed by atoms with Gasteiger partial charge in [0.2, 0.25) is 0 Å². The van der Waals surface area contributed by atoms with Crippen LogP contribution in [0, 0.1) is 0 Å². The number of carbonyl (C=O) groups is 3. The Hall–Kier alpha value is -4.34. The summed E-state index contributed by atoms with van der Waals surface area (Å²) in [5.41, 5.74) is -1.38. The molecule has 0 saturated heterocycles. The lowest BCUT2D eigenvalue weighted by Gasteiger charge is -2.11. The summed E-state index contributed by atoms with van der Waals surface area (Å²) < 4.78 is 0. The molecule has 0 radical (unpaired) electrons. The summed E-state index contributed by atoms with van der Waals surface area (Å²) in [7, 11) is 0. The highest BCUT2D eigenvalue weighted by Gasteiger charge is 2.37. The average Bonchev–Trinajstić information content (AvgIpc) is 2.94. The molecule has 0 fully saturated rings. The largest absolute Gasteiger partial charge is 0.325 e. The summed E-state index contributed by atoms with van der Waals surface area (Å²) in [6.45, 7) is 0. The first-order valence-electron chi connectivity index (χ1n) is 8.03. The molecular weight excluding hydrogens is 366 g/mol. The second-order valence-electron chi connectivity index (χ2n) is 5.83. The summed E-state index contributed by atoms with van der Waals surface area (Å²) in [5, 5.41) is 2.34. The summed E-state index contributed by atoms with van der Waals surface area (Å²) >= 11 is 0. The molecular formula is C18H11N5O5. The highest BCUT2D eigenvalue weighted by atomic mass is 16.2. The minimum absolute atomic E-state index is 0.0543. The van der Waals surface area contributed by atoms with Crippen LogP contribution in [-0.4, -0.2) is 32.7 Å². The monoisotopic (exact) mass is 377 g/mol. The fourth-order valence-corrected chi connectivity index (χ4v) is 2.77. The molecule has 1 aromatic carbocycles. The lowest BCUT2D eigenvalue weighted by atomic mass is 10.1. The second kappa shape index (κ2) is 6.43. The number of carbonyl (C=O) groups excluding carboxylic acids is 3. The number of hydrogen-bond donors (Lipinski definition) is 3. The van der Waals surface area contributed by atoms with Crippen LogP contribution in [0.1, 0.15) is 31.1 Å². The van der Waals surface area contributed by atoms with Crippen molar-refractivity contribution in [1.29, 1.82) is 0 Å². The lowest BCUT2D eigenvalue weighted by Crippen LogP contribution is -2.30. The molecule has 3 amide bonds. The average molecular weight is 377 g/mol. The van der Waals surface area contributed by atoms with Crippen LogP contribution >= 0.6 is 0 Å². The number of benzene rings is 1. The fourth-order valence-electron chi connectivity index (χ4n) is 2.77. The highest BCUT2D eigenvalue weighted by Crippen LogP contribution is 2.27. The number of aromatic amines is 2. The maximum Gasteiger partial charge on any atom is 0.325 e. The maximum absolute atomic E-state index is 12.7. The molecule has 3 aromatic rings. The topological polar surface area (TPSA) is 145 Å². The van der Waals surface area contributed by atoms with E-state index in [1.165, 1.54) is 30.5 Å². The van der Waals surface area contributed by atoms with Gasteiger partial charge in [-0.3, -0.25) is 24.2 Å². The van der Waals surface area contributed by atoms with Crippen molar-refractivity contribution >= 4 is 29.2 Å². The van der Waals surface area contributed by atoms with E-state index < -0.39 is 29.0 Å². The van der Waals surface area contributed by atoms with Crippen LogP contribution < -0.4 is 21.5 Å². The van der Waals surface area contributed by atoms with Crippen LogP contribution in [0.15, 0.2) is 58.4 Å². The molecule has 0 unspecified atom stereocenters. The molecule has 0 aliphatic carbocycles. The smallest absolute Gasteiger partial charge is 0.316 e. The number of hydrogen-bond acceptors (Lipinski definition) is 6. The normalized spacial score (nSPS) is 12.8. The first kappa shape index (κ1) is 17.1. The molecule has 138 valence electrons. The Balaban J connectivity index is 1.65. The number of H-pyrrole nitrogens is 2. The molecule has 0 bridgehead atoms. The van der Waals surface area contributed by atoms with Gasteiger partial charge < -0.3 is 10.3 Å². The number of anilines is 2. The van der Waals surface area contributed by atoms with Crippen LogP contribution in [0.2, 0.25) is 0 Å². The zero-order chi connectivity index (χ0) is 19.8. The molecule has 3 N–H and O–H groups in total. The maximum atomic E-state index is 12.7. The van der Waals surface area contributed by atoms with Crippen molar-refractivity contribution in [3.05, 3.63) is 86.3 Å². The summed E-state index contributed by atoms with van der Waals surface area (Å²) in [6, 6.07) is 8.83. The van der Waals surface area contributed by atoms with Gasteiger partial charge in [-0.05, 0) is 30.3 Å². The number of aromatic nitrogens is 3. The van der Waals surface area contributed by atoms with Crippen molar-refractivity contribution in [2.45, 2.75) is 0 Å². The third-order valence-corrected chi connectivity index (χ3v) is 4.09. The first-order valence-corrected chi connectivity index (χ1v) is 8.03. The van der Waals surface area contributed by atoms with Crippen molar-refractivity contribution in [1.82, 2.24) is 15.0 Å². The standard InChI is InChI=1S/C18H11N5O5/c24-14(21-12-8-20-18(28)22-15(12)25)9-4-5-10-11(7-9)17(27)23(16(10)26)13-3-1-2-6-19-13/h1-8H,(H,21,24)(H2,20,22,25,28). The predicted octanol–water partition coefficient (Wildman–Crippen LogP) is 0.511. The van der Waals surface area contributed by atoms with Gasteiger partial charge in [0.15, 0.2) is 0 Å². The van der Waals surface area contributed by atoms with Gasteiger partial charge in [-0.25, -0.2) is 14.7 Å². The molecule has 0 saturated carbocycles. The molecule has 1 aliphatic rings. The van der Waals surface area contributed by atoms with Crippen molar-refractivity contribution in [2.24, 2.45) is 0 Å². The Bertz CT molecular complexity index is 1240. The van der Waals surface area contributed by atoms with Gasteiger partial charge >= 0.3 is 5.69 Å². The lowest BCUT2D eigenvalue weighted by molar-refractivity contribution is 0.0924. The van der Waals surface area contributed by atoms with Crippen LogP contribution in [0.4, 0.5) is 11.5 Å². The third kappa shape index (κ3) is 2.78. The van der Waals surface area contributed by atoms with E-state index in [0.717, 1.165) is 11.1 Å². The molecule has 4 rings (SSSR count). The van der Waals surface area contributed by atoms with Gasteiger partial charge in [-0.1, -0.05) is 6.07 Å². The fraction of sp³-hybridized carbons (Fsp3) is 0. The summed E-state index contributed by atoms with van der Waals surface area (Å²) in [6.07, 6.45) is 2.52. The van der Waals surface area contributed by atoms with E-state index in [9.17, 15) is 24.0 Å². The molecule has 3 heterocycles. The van der Waals surface area contributed by atoms with E-state index in [1.54, 1.807) is 12.1 Å². The number of rotatable bonds is 3. The van der Waals surface area contributed by atoms with E-state index >= 15 is 0 Å². The molecule has 10 nitrogen and oxygen atoms in total. The van der Waals surface area contributed by atoms with E-state index in [0.29, 0.717) is 0 Å². The molecule has 28 heavy (non-hydrogen) atoms. The number of pyridine rings is 1. The number of nitrogens with one attached hydrogen (secondary N) is 3. The Kier molecular flexibility index (Phi) is 3.93. The molecule has 1 aliphatic heterocycles. The first-order chi connectivity index (χ1) is 13.5. The number of amides is 3.